The second-order valence-electron chi connectivity index (χ2n) is 7.24. The molecule has 0 saturated carbocycles. The van der Waals surface area contributed by atoms with Crippen LogP contribution in [0.5, 0.6) is 11.5 Å². The lowest BCUT2D eigenvalue weighted by Gasteiger charge is -2.11. The smallest absolute Gasteiger partial charge is 0.363 e. The first-order chi connectivity index (χ1) is 15.9. The van der Waals surface area contributed by atoms with E-state index in [1.54, 1.807) is 48.5 Å². The van der Waals surface area contributed by atoms with Gasteiger partial charge in [-0.3, -0.25) is 0 Å². The van der Waals surface area contributed by atoms with Gasteiger partial charge in [-0.05, 0) is 74.0 Å². The minimum atomic E-state index is -0.540. The fourth-order valence-electron chi connectivity index (χ4n) is 3.10. The van der Waals surface area contributed by atoms with Gasteiger partial charge in [0.2, 0.25) is 5.90 Å². The van der Waals surface area contributed by atoms with Gasteiger partial charge in [0.05, 0.1) is 12.2 Å². The van der Waals surface area contributed by atoms with Gasteiger partial charge in [-0.15, -0.1) is 0 Å². The second kappa shape index (κ2) is 9.71. The van der Waals surface area contributed by atoms with Crippen molar-refractivity contribution in [1.82, 2.24) is 0 Å². The fourth-order valence-corrected chi connectivity index (χ4v) is 3.22. The van der Waals surface area contributed by atoms with E-state index in [2.05, 4.69) is 4.99 Å². The van der Waals surface area contributed by atoms with E-state index in [4.69, 9.17) is 25.8 Å². The van der Waals surface area contributed by atoms with Gasteiger partial charge < -0.3 is 14.2 Å². The zero-order chi connectivity index (χ0) is 23.4. The van der Waals surface area contributed by atoms with Gasteiger partial charge in [0, 0.05) is 10.6 Å². The van der Waals surface area contributed by atoms with Crippen molar-refractivity contribution in [2.45, 2.75) is 13.8 Å². The maximum atomic E-state index is 12.5. The number of halogens is 1. The molecule has 0 fully saturated rings. The second-order valence-corrected chi connectivity index (χ2v) is 7.67. The number of esters is 2. The number of cyclic esters (lactones) is 1. The highest BCUT2D eigenvalue weighted by molar-refractivity contribution is 6.30. The molecule has 1 aliphatic heterocycles. The molecule has 4 rings (SSSR count). The molecule has 0 unspecified atom stereocenters. The Balaban J connectivity index is 1.58. The summed E-state index contributed by atoms with van der Waals surface area (Å²) < 4.78 is 16.5. The summed E-state index contributed by atoms with van der Waals surface area (Å²) in [5.41, 5.74) is 2.99. The van der Waals surface area contributed by atoms with Crippen molar-refractivity contribution in [3.05, 3.63) is 99.7 Å². The molecule has 0 N–H and O–H groups in total. The minimum absolute atomic E-state index is 0.166. The zero-order valence-electron chi connectivity index (χ0n) is 18.0. The van der Waals surface area contributed by atoms with E-state index in [-0.39, 0.29) is 17.3 Å². The predicted molar refractivity (Wildman–Crippen MR) is 126 cm³/mol. The third-order valence-electron chi connectivity index (χ3n) is 4.77. The van der Waals surface area contributed by atoms with E-state index in [1.807, 2.05) is 38.1 Å². The highest BCUT2D eigenvalue weighted by Gasteiger charge is 2.24. The molecular weight excluding hydrogens is 442 g/mol. The normalized spacial score (nSPS) is 14.1. The molecule has 0 bridgehead atoms. The van der Waals surface area contributed by atoms with Crippen LogP contribution in [0.25, 0.3) is 6.08 Å². The predicted octanol–water partition coefficient (Wildman–Crippen LogP) is 5.61. The van der Waals surface area contributed by atoms with Gasteiger partial charge in [-0.1, -0.05) is 35.4 Å². The standard InChI is InChI=1S/C26H20ClNO5/c1-3-31-23-15-17(6-13-22(23)32-25(29)19-9-11-20(27)12-10-19)14-21-26(30)33-24(28-21)18-7-4-16(2)5-8-18/h4-15H,3H2,1-2H3/b21-14+. The number of hydrogen-bond donors (Lipinski definition) is 0. The summed E-state index contributed by atoms with van der Waals surface area (Å²) in [6.45, 7) is 4.16. The van der Waals surface area contributed by atoms with Crippen molar-refractivity contribution in [2.75, 3.05) is 6.61 Å². The van der Waals surface area contributed by atoms with E-state index in [0.717, 1.165) is 11.1 Å². The molecule has 1 heterocycles. The van der Waals surface area contributed by atoms with Crippen molar-refractivity contribution in [1.29, 1.82) is 0 Å². The van der Waals surface area contributed by atoms with E-state index in [1.165, 1.54) is 0 Å². The van der Waals surface area contributed by atoms with Gasteiger partial charge in [0.15, 0.2) is 17.2 Å². The van der Waals surface area contributed by atoms with Crippen LogP contribution in [0.3, 0.4) is 0 Å². The van der Waals surface area contributed by atoms with Crippen LogP contribution in [0.1, 0.15) is 34.0 Å². The minimum Gasteiger partial charge on any atom is -0.490 e. The number of aliphatic imine (C=N–C) groups is 1. The Bertz CT molecular complexity index is 1260. The number of benzene rings is 3. The molecular formula is C26H20ClNO5. The van der Waals surface area contributed by atoms with Crippen molar-refractivity contribution in [3.8, 4) is 11.5 Å². The Morgan fingerprint density at radius 3 is 2.45 bits per heavy atom. The Morgan fingerprint density at radius 2 is 1.76 bits per heavy atom. The molecule has 3 aromatic rings. The first-order valence-electron chi connectivity index (χ1n) is 10.3. The lowest BCUT2D eigenvalue weighted by Crippen LogP contribution is -2.09. The lowest BCUT2D eigenvalue weighted by atomic mass is 10.1. The quantitative estimate of drug-likeness (QED) is 0.271. The maximum Gasteiger partial charge on any atom is 0.363 e. The highest BCUT2D eigenvalue weighted by Crippen LogP contribution is 2.31. The largest absolute Gasteiger partial charge is 0.490 e. The number of carbonyl (C=O) groups is 2. The Labute approximate surface area is 196 Å². The summed E-state index contributed by atoms with van der Waals surface area (Å²) in [5.74, 6) is -0.197. The lowest BCUT2D eigenvalue weighted by molar-refractivity contribution is -0.129. The summed E-state index contributed by atoms with van der Waals surface area (Å²) in [6, 6.07) is 18.9. The average Bonchev–Trinajstić information content (AvgIpc) is 3.16. The van der Waals surface area contributed by atoms with Crippen molar-refractivity contribution in [2.24, 2.45) is 4.99 Å². The topological polar surface area (TPSA) is 74.2 Å². The van der Waals surface area contributed by atoms with E-state index in [0.29, 0.717) is 28.5 Å². The molecule has 6 nitrogen and oxygen atoms in total. The maximum absolute atomic E-state index is 12.5. The molecule has 3 aromatic carbocycles. The first-order valence-corrected chi connectivity index (χ1v) is 10.6. The van der Waals surface area contributed by atoms with E-state index < -0.39 is 11.9 Å². The van der Waals surface area contributed by atoms with Crippen LogP contribution >= 0.6 is 11.6 Å². The molecule has 33 heavy (non-hydrogen) atoms. The van der Waals surface area contributed by atoms with Crippen molar-refractivity contribution < 1.29 is 23.8 Å². The summed E-state index contributed by atoms with van der Waals surface area (Å²) >= 11 is 5.87. The van der Waals surface area contributed by atoms with Gasteiger partial charge in [0.1, 0.15) is 0 Å². The van der Waals surface area contributed by atoms with Crippen molar-refractivity contribution in [3.63, 3.8) is 0 Å². The van der Waals surface area contributed by atoms with E-state index >= 15 is 0 Å². The van der Waals surface area contributed by atoms with Crippen LogP contribution in [-0.2, 0) is 9.53 Å². The molecule has 0 radical (unpaired) electrons. The van der Waals surface area contributed by atoms with Gasteiger partial charge in [-0.2, -0.15) is 0 Å². The SMILES string of the molecule is CCOc1cc(/C=C2/N=C(c3ccc(C)cc3)OC2=O)ccc1OC(=O)c1ccc(Cl)cc1. The Kier molecular flexibility index (Phi) is 6.56. The molecule has 0 aromatic heterocycles. The first kappa shape index (κ1) is 22.3. The van der Waals surface area contributed by atoms with E-state index in [9.17, 15) is 9.59 Å². The van der Waals surface area contributed by atoms with Crippen LogP contribution in [0, 0.1) is 6.92 Å². The van der Waals surface area contributed by atoms with Gasteiger partial charge >= 0.3 is 11.9 Å². The van der Waals surface area contributed by atoms with Gasteiger partial charge in [0.25, 0.3) is 0 Å². The number of rotatable bonds is 6. The van der Waals surface area contributed by atoms with Gasteiger partial charge in [-0.25, -0.2) is 14.6 Å². The summed E-state index contributed by atoms with van der Waals surface area (Å²) in [6.07, 6.45) is 1.59. The Hall–Kier alpha value is -3.90. The number of ether oxygens (including phenoxy) is 3. The third-order valence-corrected chi connectivity index (χ3v) is 5.02. The molecule has 0 spiro atoms. The van der Waals surface area contributed by atoms with Crippen LogP contribution in [0.2, 0.25) is 5.02 Å². The number of nitrogens with zero attached hydrogens (tertiary/aromatic N) is 1. The monoisotopic (exact) mass is 461 g/mol. The number of hydrogen-bond acceptors (Lipinski definition) is 6. The average molecular weight is 462 g/mol. The molecule has 7 heteroatoms. The van der Waals surface area contributed by atoms with Crippen LogP contribution in [0.4, 0.5) is 0 Å². The van der Waals surface area contributed by atoms with Crippen LogP contribution < -0.4 is 9.47 Å². The zero-order valence-corrected chi connectivity index (χ0v) is 18.8. The molecule has 0 amide bonds. The van der Waals surface area contributed by atoms with Crippen molar-refractivity contribution >= 4 is 35.5 Å². The number of aryl methyl sites for hydroxylation is 1. The summed E-state index contributed by atoms with van der Waals surface area (Å²) in [5, 5.41) is 0.526. The molecule has 0 saturated heterocycles. The summed E-state index contributed by atoms with van der Waals surface area (Å²) in [4.78, 5) is 29.1. The molecule has 0 aliphatic carbocycles. The fraction of sp³-hybridized carbons (Fsp3) is 0.115. The summed E-state index contributed by atoms with van der Waals surface area (Å²) in [7, 11) is 0. The molecule has 0 atom stereocenters. The Morgan fingerprint density at radius 1 is 1.03 bits per heavy atom. The molecule has 166 valence electrons. The number of carbonyl (C=O) groups excluding carboxylic acids is 2. The van der Waals surface area contributed by atoms with Crippen LogP contribution in [0.15, 0.2) is 77.4 Å². The molecule has 1 aliphatic rings. The highest BCUT2D eigenvalue weighted by atomic mass is 35.5. The third kappa shape index (κ3) is 5.30. The van der Waals surface area contributed by atoms with Crippen LogP contribution in [-0.4, -0.2) is 24.4 Å².